The highest BCUT2D eigenvalue weighted by Crippen LogP contribution is 2.45. The number of pyridine rings is 1. The molecule has 1 aliphatic heterocycles. The largest absolute Gasteiger partial charge is 0.496 e. The van der Waals surface area contributed by atoms with Crippen molar-refractivity contribution >= 4 is 40.7 Å². The predicted octanol–water partition coefficient (Wildman–Crippen LogP) is 3.53. The number of benzene rings is 1. The zero-order valence-corrected chi connectivity index (χ0v) is 29.0. The average molecular weight is 693 g/mol. The molecule has 0 bridgehead atoms. The van der Waals surface area contributed by atoms with Gasteiger partial charge in [0.2, 0.25) is 11.8 Å². The standard InChI is InChI=1S/C36H44N4O10/c1-8-21-17-36(21,34(44)48-7)39-31(41)26-15-23(18-40(26)32(42)29(19(2)3)38-35(45)50-22-11-9-10-12-22)49-28-16-25(33(43)47-6)37-30-20(4)27(46-5)14-13-24(28)30/h8,13-14,16,21-23,26,29H,1-2,9-12,15,17-18H2,3-7H3,(H,38,45)(H,39,41)/t21-,23-,26+,29+,36-/m1/s1. The minimum absolute atomic E-state index is 0.00945. The topological polar surface area (TPSA) is 172 Å². The van der Waals surface area contributed by atoms with Crippen molar-refractivity contribution in [2.24, 2.45) is 5.92 Å². The Morgan fingerprint density at radius 3 is 2.38 bits per heavy atom. The van der Waals surface area contributed by atoms with Crippen LogP contribution in [0.5, 0.6) is 11.5 Å². The van der Waals surface area contributed by atoms with Gasteiger partial charge in [-0.1, -0.05) is 12.7 Å². The lowest BCUT2D eigenvalue weighted by Gasteiger charge is -2.29. The monoisotopic (exact) mass is 692 g/mol. The van der Waals surface area contributed by atoms with E-state index in [4.69, 9.17) is 23.7 Å². The van der Waals surface area contributed by atoms with Gasteiger partial charge in [-0.2, -0.15) is 0 Å². The van der Waals surface area contributed by atoms with Crippen molar-refractivity contribution in [3.63, 3.8) is 0 Å². The molecule has 14 heteroatoms. The average Bonchev–Trinajstić information content (AvgIpc) is 3.36. The van der Waals surface area contributed by atoms with Gasteiger partial charge in [0.05, 0.1) is 33.4 Å². The molecule has 3 aliphatic rings. The Kier molecular flexibility index (Phi) is 10.7. The van der Waals surface area contributed by atoms with Crippen LogP contribution in [0.15, 0.2) is 43.0 Å². The number of carbonyl (C=O) groups excluding carboxylic acids is 5. The summed E-state index contributed by atoms with van der Waals surface area (Å²) in [6.07, 6.45) is 3.50. The Labute approximate surface area is 290 Å². The maximum Gasteiger partial charge on any atom is 0.408 e. The number of hydrogen-bond donors (Lipinski definition) is 2. The Balaban J connectivity index is 1.47. The van der Waals surface area contributed by atoms with Gasteiger partial charge in [0.25, 0.3) is 0 Å². The second-order valence-corrected chi connectivity index (χ2v) is 13.0. The van der Waals surface area contributed by atoms with Gasteiger partial charge in [0.1, 0.15) is 41.3 Å². The second-order valence-electron chi connectivity index (χ2n) is 13.0. The van der Waals surface area contributed by atoms with Crippen molar-refractivity contribution in [3.8, 4) is 11.5 Å². The van der Waals surface area contributed by atoms with E-state index < -0.39 is 53.6 Å². The minimum Gasteiger partial charge on any atom is -0.496 e. The molecule has 0 spiro atoms. The SMILES string of the molecule is C=C[C@@H]1C[C@]1(NC(=O)[C@@H]1C[C@@H](Oc2cc(C(=O)OC)nc3c(C)c(OC)ccc23)CN1C(=O)[C@@H](NC(=O)OC1CCCC1)C(=C)C)C(=O)OC. The van der Waals surface area contributed by atoms with Crippen LogP contribution in [0.4, 0.5) is 4.79 Å². The predicted molar refractivity (Wildman–Crippen MR) is 181 cm³/mol. The molecule has 0 radical (unpaired) electrons. The van der Waals surface area contributed by atoms with E-state index in [2.05, 4.69) is 28.8 Å². The zero-order chi connectivity index (χ0) is 36.3. The van der Waals surface area contributed by atoms with Gasteiger partial charge in [0, 0.05) is 29.4 Å². The molecule has 1 saturated heterocycles. The van der Waals surface area contributed by atoms with Crippen LogP contribution in [-0.4, -0.2) is 97.4 Å². The number of nitrogens with zero attached hydrogens (tertiary/aromatic N) is 2. The Hall–Kier alpha value is -5.14. The van der Waals surface area contributed by atoms with E-state index in [9.17, 15) is 24.0 Å². The Morgan fingerprint density at radius 2 is 1.78 bits per heavy atom. The summed E-state index contributed by atoms with van der Waals surface area (Å²) in [5, 5.41) is 6.01. The number of alkyl carbamates (subject to hydrolysis) is 1. The number of ether oxygens (including phenoxy) is 5. The van der Waals surface area contributed by atoms with Gasteiger partial charge in [-0.25, -0.2) is 19.4 Å². The molecule has 1 aromatic heterocycles. The van der Waals surface area contributed by atoms with Crippen LogP contribution in [0.3, 0.4) is 0 Å². The number of rotatable bonds is 12. The van der Waals surface area contributed by atoms with Crippen molar-refractivity contribution in [2.45, 2.75) is 82.2 Å². The highest BCUT2D eigenvalue weighted by molar-refractivity contribution is 5.98. The first-order valence-corrected chi connectivity index (χ1v) is 16.6. The lowest BCUT2D eigenvalue weighted by molar-refractivity contribution is -0.148. The fourth-order valence-electron chi connectivity index (χ4n) is 6.82. The van der Waals surface area contributed by atoms with Crippen molar-refractivity contribution in [3.05, 3.63) is 54.3 Å². The van der Waals surface area contributed by atoms with Crippen LogP contribution in [0, 0.1) is 12.8 Å². The lowest BCUT2D eigenvalue weighted by Crippen LogP contribution is -2.56. The maximum absolute atomic E-state index is 14.2. The van der Waals surface area contributed by atoms with E-state index in [1.54, 1.807) is 32.1 Å². The highest BCUT2D eigenvalue weighted by atomic mass is 16.6. The molecule has 2 aromatic rings. The number of likely N-dealkylation sites (tertiary alicyclic amines) is 1. The summed E-state index contributed by atoms with van der Waals surface area (Å²) in [7, 11) is 4.00. The fourth-order valence-corrected chi connectivity index (χ4v) is 6.82. The number of amides is 3. The Bertz CT molecular complexity index is 1720. The third-order valence-electron chi connectivity index (χ3n) is 9.68. The third kappa shape index (κ3) is 7.10. The van der Waals surface area contributed by atoms with Crippen LogP contribution in [0.25, 0.3) is 10.9 Å². The zero-order valence-electron chi connectivity index (χ0n) is 29.0. The first-order chi connectivity index (χ1) is 23.9. The lowest BCUT2D eigenvalue weighted by atomic mass is 10.1. The molecule has 1 aromatic carbocycles. The molecule has 14 nitrogen and oxygen atoms in total. The second kappa shape index (κ2) is 14.8. The molecule has 5 atom stereocenters. The van der Waals surface area contributed by atoms with Gasteiger partial charge >= 0.3 is 18.0 Å². The molecule has 2 N–H and O–H groups in total. The number of aromatic nitrogens is 1. The summed E-state index contributed by atoms with van der Waals surface area (Å²) < 4.78 is 27.4. The fraction of sp³-hybridized carbons (Fsp3) is 0.500. The molecule has 2 heterocycles. The highest BCUT2D eigenvalue weighted by Gasteiger charge is 2.62. The quantitative estimate of drug-likeness (QED) is 0.189. The van der Waals surface area contributed by atoms with E-state index in [1.807, 2.05) is 0 Å². The molecule has 50 heavy (non-hydrogen) atoms. The molecule has 2 saturated carbocycles. The van der Waals surface area contributed by atoms with Crippen LogP contribution < -0.4 is 20.1 Å². The summed E-state index contributed by atoms with van der Waals surface area (Å²) in [5.74, 6) is -2.06. The molecular formula is C36H44N4O10. The normalized spacial score (nSPS) is 23.4. The number of hydrogen-bond acceptors (Lipinski definition) is 11. The van der Waals surface area contributed by atoms with Gasteiger partial charge in [-0.3, -0.25) is 9.59 Å². The number of aryl methyl sites for hydroxylation is 1. The van der Waals surface area contributed by atoms with Gasteiger partial charge in [-0.05, 0) is 63.7 Å². The van der Waals surface area contributed by atoms with Crippen molar-refractivity contribution in [1.82, 2.24) is 20.5 Å². The summed E-state index contributed by atoms with van der Waals surface area (Å²) in [4.78, 5) is 72.4. The number of carbonyl (C=O) groups is 5. The van der Waals surface area contributed by atoms with Gasteiger partial charge < -0.3 is 39.2 Å². The minimum atomic E-state index is -1.31. The van der Waals surface area contributed by atoms with Crippen LogP contribution >= 0.6 is 0 Å². The summed E-state index contributed by atoms with van der Waals surface area (Å²) >= 11 is 0. The molecule has 2 aliphatic carbocycles. The number of fused-ring (bicyclic) bond motifs is 1. The van der Waals surface area contributed by atoms with Crippen molar-refractivity contribution < 1.29 is 47.7 Å². The summed E-state index contributed by atoms with van der Waals surface area (Å²) in [5.41, 5.74) is 0.109. The van der Waals surface area contributed by atoms with Crippen LogP contribution in [0.1, 0.15) is 61.5 Å². The van der Waals surface area contributed by atoms with E-state index in [1.165, 1.54) is 32.3 Å². The van der Waals surface area contributed by atoms with E-state index >= 15 is 0 Å². The maximum atomic E-state index is 14.2. The first kappa shape index (κ1) is 36.1. The molecular weight excluding hydrogens is 648 g/mol. The van der Waals surface area contributed by atoms with Crippen LogP contribution in [0.2, 0.25) is 0 Å². The molecule has 3 amide bonds. The van der Waals surface area contributed by atoms with Gasteiger partial charge in [-0.15, -0.1) is 6.58 Å². The Morgan fingerprint density at radius 1 is 1.06 bits per heavy atom. The molecule has 0 unspecified atom stereocenters. The number of esters is 2. The summed E-state index contributed by atoms with van der Waals surface area (Å²) in [6, 6.07) is 2.60. The molecule has 3 fully saturated rings. The van der Waals surface area contributed by atoms with Gasteiger partial charge in [0.15, 0.2) is 5.69 Å². The first-order valence-electron chi connectivity index (χ1n) is 16.6. The van der Waals surface area contributed by atoms with Crippen LogP contribution in [-0.2, 0) is 28.6 Å². The van der Waals surface area contributed by atoms with E-state index in [-0.39, 0.29) is 36.4 Å². The number of nitrogens with one attached hydrogen (secondary N) is 2. The smallest absolute Gasteiger partial charge is 0.408 e. The van der Waals surface area contributed by atoms with E-state index in [0.29, 0.717) is 34.2 Å². The summed E-state index contributed by atoms with van der Waals surface area (Å²) in [6.45, 7) is 11.0. The third-order valence-corrected chi connectivity index (χ3v) is 9.68. The van der Waals surface area contributed by atoms with Crippen molar-refractivity contribution in [1.29, 1.82) is 0 Å². The van der Waals surface area contributed by atoms with E-state index in [0.717, 1.165) is 25.7 Å². The number of methoxy groups -OCH3 is 3. The molecule has 5 rings (SSSR count). The van der Waals surface area contributed by atoms with Crippen molar-refractivity contribution in [2.75, 3.05) is 27.9 Å². The molecule has 268 valence electrons.